The molecule has 1 saturated heterocycles. The lowest BCUT2D eigenvalue weighted by Crippen LogP contribution is -2.57. The summed E-state index contributed by atoms with van der Waals surface area (Å²) in [6, 6.07) is 5.71. The van der Waals surface area contributed by atoms with Gasteiger partial charge >= 0.3 is 5.97 Å². The molecule has 1 fully saturated rings. The number of halogens is 2. The van der Waals surface area contributed by atoms with Crippen LogP contribution in [0, 0.1) is 17.6 Å². The number of likely N-dealkylation sites (tertiary alicyclic amines) is 1. The van der Waals surface area contributed by atoms with Crippen molar-refractivity contribution < 1.29 is 28.2 Å². The van der Waals surface area contributed by atoms with E-state index < -0.39 is 23.5 Å². The Balaban J connectivity index is 1.27. The van der Waals surface area contributed by atoms with Crippen LogP contribution >= 0.6 is 0 Å². The Morgan fingerprint density at radius 1 is 1.16 bits per heavy atom. The molecule has 0 saturated carbocycles. The highest BCUT2D eigenvalue weighted by Gasteiger charge is 2.39. The second-order valence-corrected chi connectivity index (χ2v) is 9.38. The molecular formula is C26H28F2N4O5. The lowest BCUT2D eigenvalue weighted by atomic mass is 9.85. The van der Waals surface area contributed by atoms with Gasteiger partial charge in [0.05, 0.1) is 23.3 Å². The highest BCUT2D eigenvalue weighted by atomic mass is 19.1. The van der Waals surface area contributed by atoms with E-state index in [1.165, 1.54) is 16.7 Å². The SMILES string of the molecule is CC1[C@H](C(=O)O)[C@H](NCc2cc3c(cn2)OCCO3)CCN1CCn1c(=O)ccc2c(F)cc(F)cc21. The molecular weight excluding hydrogens is 486 g/mol. The molecule has 2 aliphatic rings. The van der Waals surface area contributed by atoms with Gasteiger partial charge < -0.3 is 24.5 Å². The number of carbonyl (C=O) groups is 1. The largest absolute Gasteiger partial charge is 0.486 e. The third-order valence-corrected chi connectivity index (χ3v) is 7.21. The van der Waals surface area contributed by atoms with Crippen molar-refractivity contribution >= 4 is 16.9 Å². The summed E-state index contributed by atoms with van der Waals surface area (Å²) in [6.07, 6.45) is 2.18. The number of carboxylic acid groups (broad SMARTS) is 1. The summed E-state index contributed by atoms with van der Waals surface area (Å²) in [5.41, 5.74) is 0.526. The summed E-state index contributed by atoms with van der Waals surface area (Å²) in [6.45, 7) is 4.30. The van der Waals surface area contributed by atoms with Gasteiger partial charge in [-0.25, -0.2) is 8.78 Å². The highest BCUT2D eigenvalue weighted by molar-refractivity contribution is 5.79. The van der Waals surface area contributed by atoms with Crippen molar-refractivity contribution in [2.75, 3.05) is 26.3 Å². The number of ether oxygens (including phenoxy) is 2. The smallest absolute Gasteiger partial charge is 0.309 e. The van der Waals surface area contributed by atoms with E-state index in [0.717, 1.165) is 17.8 Å². The Hall–Kier alpha value is -3.57. The van der Waals surface area contributed by atoms with Gasteiger partial charge in [0.15, 0.2) is 11.5 Å². The zero-order valence-corrected chi connectivity index (χ0v) is 20.3. The zero-order chi connectivity index (χ0) is 26.1. The average molecular weight is 515 g/mol. The van der Waals surface area contributed by atoms with Crippen LogP contribution in [0.3, 0.4) is 0 Å². The summed E-state index contributed by atoms with van der Waals surface area (Å²) in [7, 11) is 0. The normalized spacial score (nSPS) is 21.8. The maximum Gasteiger partial charge on any atom is 0.309 e. The third kappa shape index (κ3) is 5.14. The van der Waals surface area contributed by atoms with E-state index in [0.29, 0.717) is 50.8 Å². The first kappa shape index (κ1) is 25.1. The number of rotatable bonds is 7. The Morgan fingerprint density at radius 3 is 2.73 bits per heavy atom. The number of hydrogen-bond donors (Lipinski definition) is 2. The first-order chi connectivity index (χ1) is 17.8. The van der Waals surface area contributed by atoms with Gasteiger partial charge in [-0.1, -0.05) is 0 Å². The van der Waals surface area contributed by atoms with Crippen LogP contribution in [-0.2, 0) is 17.9 Å². The van der Waals surface area contributed by atoms with Crippen molar-refractivity contribution in [3.8, 4) is 11.5 Å². The fraction of sp³-hybridized carbons (Fsp3) is 0.423. The molecule has 0 radical (unpaired) electrons. The van der Waals surface area contributed by atoms with Crippen molar-refractivity contribution in [2.24, 2.45) is 5.92 Å². The number of nitrogens with one attached hydrogen (secondary N) is 1. The van der Waals surface area contributed by atoms with Crippen LogP contribution in [0.2, 0.25) is 0 Å². The van der Waals surface area contributed by atoms with Gasteiger partial charge in [0.2, 0.25) is 0 Å². The van der Waals surface area contributed by atoms with E-state index >= 15 is 0 Å². The van der Waals surface area contributed by atoms with Crippen LogP contribution in [0.1, 0.15) is 19.0 Å². The van der Waals surface area contributed by atoms with E-state index in [1.54, 1.807) is 12.3 Å². The topological polar surface area (TPSA) is 106 Å². The predicted octanol–water partition coefficient (Wildman–Crippen LogP) is 2.40. The van der Waals surface area contributed by atoms with Crippen molar-refractivity contribution in [1.29, 1.82) is 0 Å². The molecule has 9 nitrogen and oxygen atoms in total. The van der Waals surface area contributed by atoms with Crippen LogP contribution < -0.4 is 20.3 Å². The quantitative estimate of drug-likeness (QED) is 0.495. The Bertz CT molecular complexity index is 1380. The Labute approximate surface area is 211 Å². The van der Waals surface area contributed by atoms with Crippen LogP contribution in [-0.4, -0.2) is 63.9 Å². The summed E-state index contributed by atoms with van der Waals surface area (Å²) in [5, 5.41) is 13.5. The lowest BCUT2D eigenvalue weighted by Gasteiger charge is -2.42. The predicted molar refractivity (Wildman–Crippen MR) is 131 cm³/mol. The third-order valence-electron chi connectivity index (χ3n) is 7.21. The average Bonchev–Trinajstić information content (AvgIpc) is 2.87. The first-order valence-corrected chi connectivity index (χ1v) is 12.2. The Morgan fingerprint density at radius 2 is 1.95 bits per heavy atom. The minimum atomic E-state index is -0.920. The van der Waals surface area contributed by atoms with E-state index in [1.807, 2.05) is 11.8 Å². The molecule has 1 aromatic carbocycles. The minimum absolute atomic E-state index is 0.160. The number of carboxylic acids is 1. The summed E-state index contributed by atoms with van der Waals surface area (Å²) in [4.78, 5) is 31.1. The fourth-order valence-corrected chi connectivity index (χ4v) is 5.28. The van der Waals surface area contributed by atoms with Gasteiger partial charge in [-0.05, 0) is 25.5 Å². The number of benzene rings is 1. The molecule has 0 spiro atoms. The maximum atomic E-state index is 14.2. The molecule has 2 aliphatic heterocycles. The number of aromatic nitrogens is 2. The monoisotopic (exact) mass is 514 g/mol. The molecule has 3 aromatic rings. The summed E-state index contributed by atoms with van der Waals surface area (Å²) in [5.74, 6) is -1.90. The van der Waals surface area contributed by atoms with Crippen LogP contribution in [0.25, 0.3) is 10.9 Å². The van der Waals surface area contributed by atoms with Crippen LogP contribution in [0.15, 0.2) is 41.3 Å². The summed E-state index contributed by atoms with van der Waals surface area (Å²) >= 11 is 0. The molecule has 2 aromatic heterocycles. The van der Waals surface area contributed by atoms with Crippen molar-refractivity contribution in [1.82, 2.24) is 19.8 Å². The second kappa shape index (κ2) is 10.4. The van der Waals surface area contributed by atoms with Crippen LogP contribution in [0.4, 0.5) is 8.78 Å². The van der Waals surface area contributed by atoms with Crippen LogP contribution in [0.5, 0.6) is 11.5 Å². The van der Waals surface area contributed by atoms with E-state index in [4.69, 9.17) is 9.47 Å². The molecule has 0 aliphatic carbocycles. The number of piperidine rings is 1. The molecule has 4 heterocycles. The van der Waals surface area contributed by atoms with Gasteiger partial charge in [0.1, 0.15) is 24.8 Å². The molecule has 2 N–H and O–H groups in total. The Kier molecular flexibility index (Phi) is 7.07. The molecule has 0 amide bonds. The summed E-state index contributed by atoms with van der Waals surface area (Å²) < 4.78 is 40.5. The zero-order valence-electron chi connectivity index (χ0n) is 20.3. The molecule has 3 atom stereocenters. The van der Waals surface area contributed by atoms with E-state index in [-0.39, 0.29) is 35.1 Å². The van der Waals surface area contributed by atoms with E-state index in [2.05, 4.69) is 10.3 Å². The van der Waals surface area contributed by atoms with Gasteiger partial charge in [0.25, 0.3) is 5.56 Å². The van der Waals surface area contributed by atoms with Gasteiger partial charge in [0, 0.05) is 61.8 Å². The van der Waals surface area contributed by atoms with E-state index in [9.17, 15) is 23.5 Å². The van der Waals surface area contributed by atoms with Gasteiger partial charge in [-0.2, -0.15) is 0 Å². The second-order valence-electron chi connectivity index (χ2n) is 9.38. The maximum absolute atomic E-state index is 14.2. The van der Waals surface area contributed by atoms with Crippen molar-refractivity contribution in [3.63, 3.8) is 0 Å². The molecule has 0 bridgehead atoms. The number of fused-ring (bicyclic) bond motifs is 2. The fourth-order valence-electron chi connectivity index (χ4n) is 5.28. The number of pyridine rings is 2. The number of nitrogens with zero attached hydrogens (tertiary/aromatic N) is 3. The standard InChI is InChI=1S/C26H28F2N4O5/c1-15-25(26(34)35)20(30-13-17-12-22-23(14-29-17)37-9-8-36-22)4-5-31(15)6-7-32-21-11-16(27)10-19(28)18(21)2-3-24(32)33/h2-3,10-12,14-15,20,25,30H,4-9,13H2,1H3,(H,34,35)/t15?,20-,25+/m1/s1. The first-order valence-electron chi connectivity index (χ1n) is 12.2. The molecule has 11 heteroatoms. The molecule has 5 rings (SSSR count). The number of hydrogen-bond acceptors (Lipinski definition) is 7. The van der Waals surface area contributed by atoms with Gasteiger partial charge in [-0.3, -0.25) is 19.5 Å². The highest BCUT2D eigenvalue weighted by Crippen LogP contribution is 2.30. The molecule has 1 unspecified atom stereocenters. The lowest BCUT2D eigenvalue weighted by molar-refractivity contribution is -0.147. The minimum Gasteiger partial charge on any atom is -0.486 e. The molecule has 37 heavy (non-hydrogen) atoms. The van der Waals surface area contributed by atoms with Gasteiger partial charge in [-0.15, -0.1) is 0 Å². The molecule has 196 valence electrons. The van der Waals surface area contributed by atoms with Crippen molar-refractivity contribution in [2.45, 2.75) is 38.5 Å². The number of aliphatic carboxylic acids is 1. The van der Waals surface area contributed by atoms with Crippen molar-refractivity contribution in [3.05, 3.63) is 64.2 Å².